The van der Waals surface area contributed by atoms with Crippen LogP contribution < -0.4 is 5.73 Å². The molecule has 0 unspecified atom stereocenters. The summed E-state index contributed by atoms with van der Waals surface area (Å²) < 4.78 is 27.6. The van der Waals surface area contributed by atoms with Gasteiger partial charge in [0.1, 0.15) is 0 Å². The van der Waals surface area contributed by atoms with Crippen LogP contribution in [0.2, 0.25) is 0 Å². The Kier molecular flexibility index (Phi) is 3.30. The standard InChI is InChI=1S/C12H15N3O2S2/c13-9-4-3-7-15(8-9)19(16,17)12-14-10-5-1-2-6-11(10)18-12/h1-2,5-6,9H,3-4,7-8,13H2/t9-/m0/s1. The summed E-state index contributed by atoms with van der Waals surface area (Å²) in [5.74, 6) is 0. The molecule has 3 rings (SSSR count). The monoisotopic (exact) mass is 297 g/mol. The third-order valence-electron chi connectivity index (χ3n) is 3.26. The second-order valence-corrected chi connectivity index (χ2v) is 7.86. The molecule has 1 aromatic heterocycles. The second-order valence-electron chi connectivity index (χ2n) is 4.71. The fourth-order valence-electron chi connectivity index (χ4n) is 2.26. The summed E-state index contributed by atoms with van der Waals surface area (Å²) in [5, 5.41) is 0. The molecule has 19 heavy (non-hydrogen) atoms. The first-order valence-electron chi connectivity index (χ1n) is 6.19. The van der Waals surface area contributed by atoms with Crippen molar-refractivity contribution in [2.75, 3.05) is 13.1 Å². The summed E-state index contributed by atoms with van der Waals surface area (Å²) in [5.41, 5.74) is 6.58. The molecule has 2 N–H and O–H groups in total. The Bertz CT molecular complexity index is 663. The number of rotatable bonds is 2. The number of fused-ring (bicyclic) bond motifs is 1. The molecular formula is C12H15N3O2S2. The van der Waals surface area contributed by atoms with Crippen LogP contribution in [0, 0.1) is 0 Å². The summed E-state index contributed by atoms with van der Waals surface area (Å²) >= 11 is 1.22. The normalized spacial score (nSPS) is 21.8. The number of sulfonamides is 1. The van der Waals surface area contributed by atoms with Gasteiger partial charge in [-0.1, -0.05) is 12.1 Å². The van der Waals surface area contributed by atoms with Crippen LogP contribution in [0.3, 0.4) is 0 Å². The molecular weight excluding hydrogens is 282 g/mol. The van der Waals surface area contributed by atoms with Gasteiger partial charge in [0.15, 0.2) is 0 Å². The molecule has 1 aliphatic rings. The minimum absolute atomic E-state index is 0.0714. The van der Waals surface area contributed by atoms with Crippen LogP contribution in [0.1, 0.15) is 12.8 Å². The van der Waals surface area contributed by atoms with E-state index in [9.17, 15) is 8.42 Å². The Balaban J connectivity index is 1.99. The lowest BCUT2D eigenvalue weighted by Gasteiger charge is -2.28. The average molecular weight is 297 g/mol. The predicted molar refractivity (Wildman–Crippen MR) is 75.6 cm³/mol. The number of aromatic nitrogens is 1. The number of benzene rings is 1. The van der Waals surface area contributed by atoms with Gasteiger partial charge >= 0.3 is 0 Å². The summed E-state index contributed by atoms with van der Waals surface area (Å²) in [6.45, 7) is 0.921. The van der Waals surface area contributed by atoms with Gasteiger partial charge in [-0.25, -0.2) is 13.4 Å². The highest BCUT2D eigenvalue weighted by molar-refractivity contribution is 7.91. The lowest BCUT2D eigenvalue weighted by atomic mass is 10.1. The summed E-state index contributed by atoms with van der Waals surface area (Å²) in [6, 6.07) is 7.38. The summed E-state index contributed by atoms with van der Waals surface area (Å²) in [4.78, 5) is 4.23. The molecule has 0 saturated carbocycles. The van der Waals surface area contributed by atoms with Crippen molar-refractivity contribution in [1.29, 1.82) is 0 Å². The smallest absolute Gasteiger partial charge is 0.270 e. The van der Waals surface area contributed by atoms with Crippen molar-refractivity contribution in [3.05, 3.63) is 24.3 Å². The Morgan fingerprint density at radius 3 is 2.89 bits per heavy atom. The van der Waals surface area contributed by atoms with Crippen LogP contribution in [-0.4, -0.2) is 36.8 Å². The third-order valence-corrected chi connectivity index (χ3v) is 6.51. The van der Waals surface area contributed by atoms with Gasteiger partial charge in [0.05, 0.1) is 10.2 Å². The maximum atomic E-state index is 12.5. The van der Waals surface area contributed by atoms with Crippen LogP contribution in [-0.2, 0) is 10.0 Å². The maximum Gasteiger partial charge on any atom is 0.270 e. The third kappa shape index (κ3) is 2.38. The number of thiazole rings is 1. The topological polar surface area (TPSA) is 76.3 Å². The number of nitrogens with zero attached hydrogens (tertiary/aromatic N) is 2. The van der Waals surface area contributed by atoms with E-state index in [1.165, 1.54) is 15.6 Å². The maximum absolute atomic E-state index is 12.5. The van der Waals surface area contributed by atoms with Crippen LogP contribution >= 0.6 is 11.3 Å². The highest BCUT2D eigenvalue weighted by atomic mass is 32.2. The highest BCUT2D eigenvalue weighted by Crippen LogP contribution is 2.28. The highest BCUT2D eigenvalue weighted by Gasteiger charge is 2.31. The fourth-order valence-corrected chi connectivity index (χ4v) is 5.16. The molecule has 0 bridgehead atoms. The Morgan fingerprint density at radius 1 is 1.37 bits per heavy atom. The Labute approximate surface area is 116 Å². The quantitative estimate of drug-likeness (QED) is 0.909. The molecule has 1 aliphatic heterocycles. The van der Waals surface area contributed by atoms with E-state index in [2.05, 4.69) is 4.98 Å². The first-order valence-corrected chi connectivity index (χ1v) is 8.44. The molecule has 0 radical (unpaired) electrons. The van der Waals surface area contributed by atoms with Crippen molar-refractivity contribution in [3.63, 3.8) is 0 Å². The predicted octanol–water partition coefficient (Wildman–Crippen LogP) is 1.41. The van der Waals surface area contributed by atoms with Gasteiger partial charge in [-0.2, -0.15) is 4.31 Å². The molecule has 2 heterocycles. The fraction of sp³-hybridized carbons (Fsp3) is 0.417. The van der Waals surface area contributed by atoms with E-state index in [1.807, 2.05) is 24.3 Å². The number of nitrogens with two attached hydrogens (primary N) is 1. The molecule has 0 spiro atoms. The number of para-hydroxylation sites is 1. The van der Waals surface area contributed by atoms with Gasteiger partial charge in [0, 0.05) is 19.1 Å². The Hall–Kier alpha value is -1.02. The van der Waals surface area contributed by atoms with Gasteiger partial charge in [0.2, 0.25) is 4.34 Å². The van der Waals surface area contributed by atoms with Crippen molar-refractivity contribution in [2.24, 2.45) is 5.73 Å². The van der Waals surface area contributed by atoms with Gasteiger partial charge in [0.25, 0.3) is 10.0 Å². The van der Waals surface area contributed by atoms with E-state index in [4.69, 9.17) is 5.73 Å². The zero-order valence-corrected chi connectivity index (χ0v) is 12.0. The van der Waals surface area contributed by atoms with Crippen LogP contribution in [0.5, 0.6) is 0 Å². The molecule has 102 valence electrons. The molecule has 1 saturated heterocycles. The van der Waals surface area contributed by atoms with Crippen molar-refractivity contribution >= 4 is 31.6 Å². The zero-order valence-electron chi connectivity index (χ0n) is 10.3. The van der Waals surface area contributed by atoms with E-state index >= 15 is 0 Å². The van der Waals surface area contributed by atoms with Crippen molar-refractivity contribution in [3.8, 4) is 0 Å². The summed E-state index contributed by atoms with van der Waals surface area (Å²) in [7, 11) is -3.50. The summed E-state index contributed by atoms with van der Waals surface area (Å²) in [6.07, 6.45) is 1.69. The van der Waals surface area contributed by atoms with Gasteiger partial charge in [-0.15, -0.1) is 11.3 Å². The van der Waals surface area contributed by atoms with Crippen molar-refractivity contribution in [1.82, 2.24) is 9.29 Å². The van der Waals surface area contributed by atoms with Crippen LogP contribution in [0.15, 0.2) is 28.6 Å². The van der Waals surface area contributed by atoms with Crippen molar-refractivity contribution in [2.45, 2.75) is 23.2 Å². The van der Waals surface area contributed by atoms with E-state index in [0.717, 1.165) is 23.1 Å². The van der Waals surface area contributed by atoms with Gasteiger partial charge in [-0.05, 0) is 25.0 Å². The van der Waals surface area contributed by atoms with Crippen LogP contribution in [0.25, 0.3) is 10.2 Å². The lowest BCUT2D eigenvalue weighted by Crippen LogP contribution is -2.45. The molecule has 1 atom stereocenters. The van der Waals surface area contributed by atoms with E-state index < -0.39 is 10.0 Å². The first kappa shape index (κ1) is 13.0. The van der Waals surface area contributed by atoms with Gasteiger partial charge < -0.3 is 5.73 Å². The van der Waals surface area contributed by atoms with E-state index in [-0.39, 0.29) is 10.4 Å². The van der Waals surface area contributed by atoms with Crippen LogP contribution in [0.4, 0.5) is 0 Å². The van der Waals surface area contributed by atoms with E-state index in [0.29, 0.717) is 13.1 Å². The lowest BCUT2D eigenvalue weighted by molar-refractivity contribution is 0.316. The molecule has 1 fully saturated rings. The number of hydrogen-bond acceptors (Lipinski definition) is 5. The molecule has 0 aliphatic carbocycles. The minimum Gasteiger partial charge on any atom is -0.327 e. The molecule has 1 aromatic carbocycles. The molecule has 2 aromatic rings. The first-order chi connectivity index (χ1) is 9.07. The SMILES string of the molecule is N[C@H]1CCCN(S(=O)(=O)c2nc3ccccc3s2)C1. The van der Waals surface area contributed by atoms with Crippen molar-refractivity contribution < 1.29 is 8.42 Å². The van der Waals surface area contributed by atoms with E-state index in [1.54, 1.807) is 0 Å². The second kappa shape index (κ2) is 4.82. The minimum atomic E-state index is -3.50. The molecule has 7 heteroatoms. The zero-order chi connectivity index (χ0) is 13.5. The number of hydrogen-bond donors (Lipinski definition) is 1. The van der Waals surface area contributed by atoms with Gasteiger partial charge in [-0.3, -0.25) is 0 Å². The Morgan fingerprint density at radius 2 is 2.16 bits per heavy atom. The molecule has 5 nitrogen and oxygen atoms in total. The largest absolute Gasteiger partial charge is 0.327 e. The number of piperidine rings is 1. The molecule has 0 amide bonds. The average Bonchev–Trinajstić information content (AvgIpc) is 2.83.